The van der Waals surface area contributed by atoms with Crippen LogP contribution in [0, 0.1) is 5.92 Å². The van der Waals surface area contributed by atoms with Crippen molar-refractivity contribution in [3.63, 3.8) is 0 Å². The highest BCUT2D eigenvalue weighted by atomic mass is 32.2. The second kappa shape index (κ2) is 7.42. The highest BCUT2D eigenvalue weighted by Crippen LogP contribution is 2.23. The largest absolute Gasteiger partial charge is 0.481 e. The molecule has 0 spiro atoms. The zero-order valence-electron chi connectivity index (χ0n) is 12.5. The van der Waals surface area contributed by atoms with Gasteiger partial charge >= 0.3 is 5.97 Å². The monoisotopic (exact) mass is 314 g/mol. The maximum Gasteiger partial charge on any atom is 0.303 e. The molecule has 0 aliphatic rings. The van der Waals surface area contributed by atoms with Crippen LogP contribution < -0.4 is 5.32 Å². The van der Waals surface area contributed by atoms with Gasteiger partial charge in [-0.05, 0) is 24.5 Å². The minimum Gasteiger partial charge on any atom is -0.481 e. The summed E-state index contributed by atoms with van der Waals surface area (Å²) in [6, 6.07) is 6.70. The van der Waals surface area contributed by atoms with Crippen LogP contribution in [0.1, 0.15) is 19.8 Å². The average Bonchev–Trinajstić information content (AvgIpc) is 2.42. The summed E-state index contributed by atoms with van der Waals surface area (Å²) in [4.78, 5) is 10.8. The highest BCUT2D eigenvalue weighted by molar-refractivity contribution is 7.89. The molecule has 0 bridgehead atoms. The topological polar surface area (TPSA) is 86.7 Å². The number of carboxylic acid groups (broad SMARTS) is 1. The van der Waals surface area contributed by atoms with Gasteiger partial charge in [0.15, 0.2) is 0 Å². The molecule has 0 aliphatic carbocycles. The predicted octanol–water partition coefficient (Wildman–Crippen LogP) is 1.85. The summed E-state index contributed by atoms with van der Waals surface area (Å²) in [5, 5.41) is 11.8. The molecular weight excluding hydrogens is 292 g/mol. The van der Waals surface area contributed by atoms with Gasteiger partial charge in [-0.3, -0.25) is 4.79 Å². The van der Waals surface area contributed by atoms with Crippen molar-refractivity contribution >= 4 is 21.7 Å². The van der Waals surface area contributed by atoms with E-state index in [0.29, 0.717) is 18.7 Å². The number of anilines is 1. The quantitative estimate of drug-likeness (QED) is 0.764. The van der Waals surface area contributed by atoms with Crippen molar-refractivity contribution in [1.82, 2.24) is 4.31 Å². The molecule has 1 aromatic rings. The van der Waals surface area contributed by atoms with E-state index < -0.39 is 16.0 Å². The van der Waals surface area contributed by atoms with E-state index in [1.54, 1.807) is 24.3 Å². The Bertz CT molecular complexity index is 584. The molecule has 2 N–H and O–H groups in total. The summed E-state index contributed by atoms with van der Waals surface area (Å²) in [7, 11) is -0.529. The lowest BCUT2D eigenvalue weighted by atomic mass is 10.1. The number of hydrogen-bond donors (Lipinski definition) is 2. The first kappa shape index (κ1) is 17.5. The molecule has 7 heteroatoms. The molecule has 0 saturated carbocycles. The number of nitrogens with one attached hydrogen (secondary N) is 1. The van der Waals surface area contributed by atoms with Gasteiger partial charge in [-0.15, -0.1) is 0 Å². The number of para-hydroxylation sites is 1. The number of nitrogens with zero attached hydrogens (tertiary/aromatic N) is 1. The fourth-order valence-electron chi connectivity index (χ4n) is 1.79. The van der Waals surface area contributed by atoms with Crippen LogP contribution in [0.2, 0.25) is 0 Å². The second-order valence-electron chi connectivity index (χ2n) is 5.20. The molecule has 1 unspecified atom stereocenters. The van der Waals surface area contributed by atoms with Crippen LogP contribution in [-0.4, -0.2) is 44.4 Å². The summed E-state index contributed by atoms with van der Waals surface area (Å²) in [5.41, 5.74) is 0.536. The molecular formula is C14H22N2O4S. The number of carboxylic acids is 1. The second-order valence-corrected chi connectivity index (χ2v) is 7.32. The Morgan fingerprint density at radius 1 is 1.33 bits per heavy atom. The molecule has 0 aromatic heterocycles. The van der Waals surface area contributed by atoms with Crippen LogP contribution >= 0.6 is 0 Å². The average molecular weight is 314 g/mol. The number of aliphatic carboxylic acids is 1. The molecule has 118 valence electrons. The Labute approximate surface area is 125 Å². The molecule has 0 fully saturated rings. The van der Waals surface area contributed by atoms with E-state index in [1.165, 1.54) is 18.4 Å². The van der Waals surface area contributed by atoms with E-state index in [0.717, 1.165) is 0 Å². The van der Waals surface area contributed by atoms with Gasteiger partial charge in [0.2, 0.25) is 10.0 Å². The summed E-state index contributed by atoms with van der Waals surface area (Å²) >= 11 is 0. The number of rotatable bonds is 8. The molecule has 0 radical (unpaired) electrons. The van der Waals surface area contributed by atoms with Crippen LogP contribution in [0.4, 0.5) is 5.69 Å². The van der Waals surface area contributed by atoms with Crippen LogP contribution in [0.5, 0.6) is 0 Å². The fourth-order valence-corrected chi connectivity index (χ4v) is 2.85. The molecule has 21 heavy (non-hydrogen) atoms. The molecule has 0 amide bonds. The minimum absolute atomic E-state index is 0.112. The lowest BCUT2D eigenvalue weighted by Crippen LogP contribution is -2.24. The molecule has 1 atom stereocenters. The van der Waals surface area contributed by atoms with E-state index in [1.807, 2.05) is 6.92 Å². The molecule has 0 aliphatic heterocycles. The zero-order valence-corrected chi connectivity index (χ0v) is 13.4. The smallest absolute Gasteiger partial charge is 0.303 e. The van der Waals surface area contributed by atoms with Crippen LogP contribution in [0.15, 0.2) is 29.2 Å². The van der Waals surface area contributed by atoms with Gasteiger partial charge in [-0.2, -0.15) is 0 Å². The maximum absolute atomic E-state index is 12.2. The number of sulfonamides is 1. The zero-order chi connectivity index (χ0) is 16.0. The third-order valence-electron chi connectivity index (χ3n) is 3.14. The third kappa shape index (κ3) is 5.02. The molecule has 0 saturated heterocycles. The van der Waals surface area contributed by atoms with Crippen LogP contribution in [0.3, 0.4) is 0 Å². The number of carbonyl (C=O) groups is 1. The van der Waals surface area contributed by atoms with Gasteiger partial charge < -0.3 is 10.4 Å². The van der Waals surface area contributed by atoms with E-state index in [4.69, 9.17) is 5.11 Å². The highest BCUT2D eigenvalue weighted by Gasteiger charge is 2.20. The Morgan fingerprint density at radius 2 is 1.95 bits per heavy atom. The number of benzene rings is 1. The van der Waals surface area contributed by atoms with Gasteiger partial charge in [0.25, 0.3) is 0 Å². The Morgan fingerprint density at radius 3 is 2.52 bits per heavy atom. The summed E-state index contributed by atoms with van der Waals surface area (Å²) < 4.78 is 25.6. The van der Waals surface area contributed by atoms with Crippen molar-refractivity contribution in [2.45, 2.75) is 24.7 Å². The van der Waals surface area contributed by atoms with Gasteiger partial charge in [-0.25, -0.2) is 12.7 Å². The van der Waals surface area contributed by atoms with Crippen molar-refractivity contribution in [3.8, 4) is 0 Å². The Hall–Kier alpha value is -1.60. The summed E-state index contributed by atoms with van der Waals surface area (Å²) in [6.45, 7) is 2.45. The Kier molecular flexibility index (Phi) is 6.17. The van der Waals surface area contributed by atoms with Gasteiger partial charge in [0, 0.05) is 27.1 Å². The molecule has 1 aromatic carbocycles. The lowest BCUT2D eigenvalue weighted by Gasteiger charge is -2.18. The van der Waals surface area contributed by atoms with E-state index in [2.05, 4.69) is 5.32 Å². The van der Waals surface area contributed by atoms with E-state index in [-0.39, 0.29) is 17.2 Å². The van der Waals surface area contributed by atoms with E-state index >= 15 is 0 Å². The first-order valence-electron chi connectivity index (χ1n) is 6.72. The lowest BCUT2D eigenvalue weighted by molar-refractivity contribution is -0.137. The summed E-state index contributed by atoms with van der Waals surface area (Å²) in [6.07, 6.45) is 0.658. The fraction of sp³-hybridized carbons (Fsp3) is 0.500. The standard InChI is InChI=1S/C14H22N2O4S/c1-11(8-9-14(17)18)10-15-12-6-4-5-7-13(12)21(19,20)16(2)3/h4-7,11,15H,8-10H2,1-3H3,(H,17,18). The SMILES string of the molecule is CC(CCC(=O)O)CNc1ccccc1S(=O)(=O)N(C)C. The minimum atomic E-state index is -3.50. The van der Waals surface area contributed by atoms with Gasteiger partial charge in [-0.1, -0.05) is 19.1 Å². The first-order chi connectivity index (χ1) is 9.75. The molecule has 0 heterocycles. The molecule has 1 rings (SSSR count). The molecule has 6 nitrogen and oxygen atoms in total. The van der Waals surface area contributed by atoms with Crippen molar-refractivity contribution in [3.05, 3.63) is 24.3 Å². The van der Waals surface area contributed by atoms with Crippen molar-refractivity contribution in [2.24, 2.45) is 5.92 Å². The third-order valence-corrected chi connectivity index (χ3v) is 5.01. The van der Waals surface area contributed by atoms with Gasteiger partial charge in [0.1, 0.15) is 4.90 Å². The van der Waals surface area contributed by atoms with E-state index in [9.17, 15) is 13.2 Å². The van der Waals surface area contributed by atoms with Gasteiger partial charge in [0.05, 0.1) is 5.69 Å². The van der Waals surface area contributed by atoms with Crippen molar-refractivity contribution < 1.29 is 18.3 Å². The normalized spacial score (nSPS) is 13.1. The maximum atomic E-state index is 12.2. The van der Waals surface area contributed by atoms with Crippen molar-refractivity contribution in [2.75, 3.05) is 26.0 Å². The first-order valence-corrected chi connectivity index (χ1v) is 8.16. The number of hydrogen-bond acceptors (Lipinski definition) is 4. The Balaban J connectivity index is 2.79. The van der Waals surface area contributed by atoms with Crippen LogP contribution in [-0.2, 0) is 14.8 Å². The van der Waals surface area contributed by atoms with Crippen LogP contribution in [0.25, 0.3) is 0 Å². The summed E-state index contributed by atoms with van der Waals surface area (Å²) in [5.74, 6) is -0.686. The predicted molar refractivity (Wildman–Crippen MR) is 81.8 cm³/mol. The van der Waals surface area contributed by atoms with Crippen molar-refractivity contribution in [1.29, 1.82) is 0 Å².